The van der Waals surface area contributed by atoms with Gasteiger partial charge in [0.05, 0.1) is 5.75 Å². The Morgan fingerprint density at radius 1 is 1.56 bits per heavy atom. The van der Waals surface area contributed by atoms with Gasteiger partial charge in [-0.1, -0.05) is 11.8 Å². The Bertz CT molecular complexity index is 566. The molecule has 2 rings (SSSR count). The number of primary amides is 1. The van der Waals surface area contributed by atoms with E-state index < -0.39 is 0 Å². The summed E-state index contributed by atoms with van der Waals surface area (Å²) >= 11 is 4.51. The van der Waals surface area contributed by atoms with E-state index in [2.05, 4.69) is 26.1 Å². The number of halogens is 1. The average Bonchev–Trinajstić information content (AvgIpc) is 2.91. The van der Waals surface area contributed by atoms with Crippen molar-refractivity contribution in [2.45, 2.75) is 18.6 Å². The molecule has 2 aromatic heterocycles. The molecule has 8 heteroatoms. The van der Waals surface area contributed by atoms with Gasteiger partial charge in [0.15, 0.2) is 15.6 Å². The van der Waals surface area contributed by atoms with Gasteiger partial charge in [-0.15, -0.1) is 10.2 Å². The molecule has 6 nitrogen and oxygen atoms in total. The number of rotatable bonds is 5. The van der Waals surface area contributed by atoms with Crippen molar-refractivity contribution in [2.24, 2.45) is 5.73 Å². The van der Waals surface area contributed by atoms with Gasteiger partial charge in [-0.25, -0.2) is 0 Å². The number of hydrogen-bond donors (Lipinski definition) is 1. The monoisotopic (exact) mass is 330 g/mol. The number of nitrogens with zero attached hydrogens (tertiary/aromatic N) is 3. The number of thioether (sulfide) groups is 1. The molecule has 1 amide bonds. The minimum Gasteiger partial charge on any atom is -0.446 e. The maximum absolute atomic E-state index is 10.8. The summed E-state index contributed by atoms with van der Waals surface area (Å²) in [5.74, 6) is 1.06. The van der Waals surface area contributed by atoms with E-state index in [-0.39, 0.29) is 11.7 Å². The molecule has 2 N–H and O–H groups in total. The summed E-state index contributed by atoms with van der Waals surface area (Å²) in [6.07, 6.45) is 0. The predicted octanol–water partition coefficient (Wildman–Crippen LogP) is 1.90. The number of furan rings is 1. The molecule has 2 aromatic rings. The average molecular weight is 331 g/mol. The summed E-state index contributed by atoms with van der Waals surface area (Å²) in [6.45, 7) is 2.65. The fraction of sp³-hybridized carbons (Fsp3) is 0.300. The van der Waals surface area contributed by atoms with Crippen LogP contribution in [0.2, 0.25) is 0 Å². The zero-order valence-electron chi connectivity index (χ0n) is 9.59. The van der Waals surface area contributed by atoms with Crippen LogP contribution in [-0.2, 0) is 11.3 Å². The van der Waals surface area contributed by atoms with E-state index in [1.54, 1.807) is 6.07 Å². The maximum Gasteiger partial charge on any atom is 0.227 e. The topological polar surface area (TPSA) is 86.9 Å². The molecule has 0 aromatic carbocycles. The van der Waals surface area contributed by atoms with E-state index in [1.165, 1.54) is 11.8 Å². The van der Waals surface area contributed by atoms with Crippen molar-refractivity contribution in [1.82, 2.24) is 14.8 Å². The third kappa shape index (κ3) is 2.75. The molecule has 18 heavy (non-hydrogen) atoms. The quantitative estimate of drug-likeness (QED) is 0.846. The first-order valence-electron chi connectivity index (χ1n) is 5.21. The summed E-state index contributed by atoms with van der Waals surface area (Å²) in [4.78, 5) is 10.8. The molecule has 0 saturated heterocycles. The highest BCUT2D eigenvalue weighted by molar-refractivity contribution is 9.10. The lowest BCUT2D eigenvalue weighted by molar-refractivity contribution is -0.115. The standard InChI is InChI=1S/C10H11BrN4O2S/c1-2-15-9(6-3-4-7(11)17-6)13-14-10(15)18-5-8(12)16/h3-4H,2,5H2,1H3,(H2,12,16). The number of nitrogens with two attached hydrogens (primary N) is 1. The summed E-state index contributed by atoms with van der Waals surface area (Å²) < 4.78 is 7.95. The van der Waals surface area contributed by atoms with Crippen molar-refractivity contribution in [3.63, 3.8) is 0 Å². The first-order valence-corrected chi connectivity index (χ1v) is 6.99. The highest BCUT2D eigenvalue weighted by Gasteiger charge is 2.16. The molecule has 0 radical (unpaired) electrons. The molecule has 0 saturated carbocycles. The molecular formula is C10H11BrN4O2S. The number of aromatic nitrogens is 3. The third-order valence-electron chi connectivity index (χ3n) is 2.17. The van der Waals surface area contributed by atoms with Gasteiger partial charge in [0.1, 0.15) is 0 Å². The van der Waals surface area contributed by atoms with Crippen LogP contribution in [0.4, 0.5) is 0 Å². The Hall–Kier alpha value is -1.28. The van der Waals surface area contributed by atoms with Gasteiger partial charge in [0.2, 0.25) is 11.7 Å². The van der Waals surface area contributed by atoms with Gasteiger partial charge in [0, 0.05) is 6.54 Å². The summed E-state index contributed by atoms with van der Waals surface area (Å²) in [5.41, 5.74) is 5.11. The summed E-state index contributed by atoms with van der Waals surface area (Å²) in [7, 11) is 0. The molecule has 0 fully saturated rings. The molecule has 0 spiro atoms. The van der Waals surface area contributed by atoms with Crippen LogP contribution in [0.5, 0.6) is 0 Å². The fourth-order valence-corrected chi connectivity index (χ4v) is 2.48. The highest BCUT2D eigenvalue weighted by Crippen LogP contribution is 2.26. The zero-order valence-corrected chi connectivity index (χ0v) is 12.0. The van der Waals surface area contributed by atoms with Crippen LogP contribution < -0.4 is 5.73 Å². The number of amides is 1. The molecular weight excluding hydrogens is 320 g/mol. The maximum atomic E-state index is 10.8. The normalized spacial score (nSPS) is 10.8. The van der Waals surface area contributed by atoms with E-state index in [0.29, 0.717) is 28.0 Å². The minimum atomic E-state index is -0.382. The molecule has 0 atom stereocenters. The minimum absolute atomic E-state index is 0.181. The zero-order chi connectivity index (χ0) is 13.1. The van der Waals surface area contributed by atoms with Gasteiger partial charge in [-0.05, 0) is 35.0 Å². The smallest absolute Gasteiger partial charge is 0.227 e. The van der Waals surface area contributed by atoms with Crippen molar-refractivity contribution in [3.8, 4) is 11.6 Å². The second-order valence-electron chi connectivity index (χ2n) is 3.41. The molecule has 96 valence electrons. The van der Waals surface area contributed by atoms with E-state index in [9.17, 15) is 4.79 Å². The van der Waals surface area contributed by atoms with E-state index in [4.69, 9.17) is 10.2 Å². The van der Waals surface area contributed by atoms with Crippen LogP contribution in [-0.4, -0.2) is 26.4 Å². The lowest BCUT2D eigenvalue weighted by Crippen LogP contribution is -2.13. The summed E-state index contributed by atoms with van der Waals surface area (Å²) in [6, 6.07) is 3.60. The number of carbonyl (C=O) groups is 1. The second-order valence-corrected chi connectivity index (χ2v) is 5.13. The Labute approximate surface area is 116 Å². The van der Waals surface area contributed by atoms with Crippen LogP contribution in [0.15, 0.2) is 26.4 Å². The molecule has 2 heterocycles. The first kappa shape index (κ1) is 13.2. The largest absolute Gasteiger partial charge is 0.446 e. The Morgan fingerprint density at radius 2 is 2.33 bits per heavy atom. The Kier molecular flexibility index (Phi) is 4.07. The highest BCUT2D eigenvalue weighted by atomic mass is 79.9. The molecule has 0 aliphatic heterocycles. The van der Waals surface area contributed by atoms with E-state index in [0.717, 1.165) is 0 Å². The van der Waals surface area contributed by atoms with E-state index in [1.807, 2.05) is 17.6 Å². The second kappa shape index (κ2) is 5.57. The lowest BCUT2D eigenvalue weighted by atomic mass is 10.4. The summed E-state index contributed by atoms with van der Waals surface area (Å²) in [5, 5.41) is 8.76. The third-order valence-corrected chi connectivity index (χ3v) is 3.59. The lowest BCUT2D eigenvalue weighted by Gasteiger charge is -2.04. The fourth-order valence-electron chi connectivity index (χ4n) is 1.43. The molecule has 0 aliphatic rings. The van der Waals surface area contributed by atoms with Crippen molar-refractivity contribution in [2.75, 3.05) is 5.75 Å². The van der Waals surface area contributed by atoms with Gasteiger partial charge in [0.25, 0.3) is 0 Å². The molecule has 0 aliphatic carbocycles. The Balaban J connectivity index is 2.29. The first-order chi connectivity index (χ1) is 8.61. The van der Waals surface area contributed by atoms with Crippen molar-refractivity contribution in [3.05, 3.63) is 16.8 Å². The van der Waals surface area contributed by atoms with Crippen molar-refractivity contribution < 1.29 is 9.21 Å². The molecule has 0 unspecified atom stereocenters. The van der Waals surface area contributed by atoms with Crippen LogP contribution in [0.25, 0.3) is 11.6 Å². The SMILES string of the molecule is CCn1c(SCC(N)=O)nnc1-c1ccc(Br)o1. The van der Waals surface area contributed by atoms with Gasteiger partial charge < -0.3 is 10.2 Å². The predicted molar refractivity (Wildman–Crippen MR) is 71.0 cm³/mol. The van der Waals surface area contributed by atoms with Crippen LogP contribution in [0.1, 0.15) is 6.92 Å². The van der Waals surface area contributed by atoms with Crippen LogP contribution in [0, 0.1) is 0 Å². The molecule has 0 bridgehead atoms. The van der Waals surface area contributed by atoms with Gasteiger partial charge in [-0.3, -0.25) is 9.36 Å². The number of hydrogen-bond acceptors (Lipinski definition) is 5. The Morgan fingerprint density at radius 3 is 2.89 bits per heavy atom. The van der Waals surface area contributed by atoms with E-state index >= 15 is 0 Å². The van der Waals surface area contributed by atoms with Gasteiger partial charge >= 0.3 is 0 Å². The van der Waals surface area contributed by atoms with Crippen LogP contribution >= 0.6 is 27.7 Å². The van der Waals surface area contributed by atoms with Crippen molar-refractivity contribution in [1.29, 1.82) is 0 Å². The van der Waals surface area contributed by atoms with Gasteiger partial charge in [-0.2, -0.15) is 0 Å². The number of carbonyl (C=O) groups excluding carboxylic acids is 1. The van der Waals surface area contributed by atoms with Crippen molar-refractivity contribution >= 4 is 33.6 Å². The van der Waals surface area contributed by atoms with Crippen LogP contribution in [0.3, 0.4) is 0 Å².